The van der Waals surface area contributed by atoms with E-state index in [2.05, 4.69) is 9.97 Å². The largest absolute Gasteiger partial charge is 0.334 e. The van der Waals surface area contributed by atoms with E-state index >= 15 is 0 Å². The van der Waals surface area contributed by atoms with E-state index in [-0.39, 0.29) is 6.04 Å². The molecule has 2 rings (SSSR count). The number of aromatic nitrogens is 3. The van der Waals surface area contributed by atoms with E-state index in [1.165, 1.54) is 0 Å². The van der Waals surface area contributed by atoms with Crippen molar-refractivity contribution in [2.75, 3.05) is 0 Å². The number of hydrogen-bond acceptors (Lipinski definition) is 3. The molecule has 0 saturated carbocycles. The quantitative estimate of drug-likeness (QED) is 0.887. The Morgan fingerprint density at radius 3 is 2.94 bits per heavy atom. The van der Waals surface area contributed by atoms with Gasteiger partial charge in [-0.3, -0.25) is 4.98 Å². The third kappa shape index (κ3) is 1.94. The van der Waals surface area contributed by atoms with Crippen molar-refractivity contribution < 1.29 is 0 Å². The summed E-state index contributed by atoms with van der Waals surface area (Å²) in [5.41, 5.74) is 6.77. The van der Waals surface area contributed by atoms with Crippen LogP contribution in [-0.2, 0) is 6.54 Å². The minimum absolute atomic E-state index is 0.386. The van der Waals surface area contributed by atoms with Gasteiger partial charge in [-0.2, -0.15) is 0 Å². The van der Waals surface area contributed by atoms with Crippen molar-refractivity contribution >= 4 is 11.6 Å². The first kappa shape index (κ1) is 11.1. The van der Waals surface area contributed by atoms with Crippen LogP contribution in [0.5, 0.6) is 0 Å². The van der Waals surface area contributed by atoms with Crippen LogP contribution in [0.1, 0.15) is 24.5 Å². The lowest BCUT2D eigenvalue weighted by molar-refractivity contribution is 0.647. The first-order valence-corrected chi connectivity index (χ1v) is 5.49. The molecule has 0 aliphatic heterocycles. The Kier molecular flexibility index (Phi) is 3.22. The molecule has 5 heteroatoms. The lowest BCUT2D eigenvalue weighted by Gasteiger charge is -2.13. The second-order valence-electron chi connectivity index (χ2n) is 3.42. The number of aryl methyl sites for hydroxylation is 1. The Balaban J connectivity index is 2.39. The van der Waals surface area contributed by atoms with Gasteiger partial charge in [-0.15, -0.1) is 0 Å². The van der Waals surface area contributed by atoms with Crippen LogP contribution in [0, 0.1) is 0 Å². The molecule has 1 atom stereocenters. The van der Waals surface area contributed by atoms with Crippen LogP contribution in [0.4, 0.5) is 0 Å². The van der Waals surface area contributed by atoms with Crippen molar-refractivity contribution in [1.82, 2.24) is 14.5 Å². The normalized spacial score (nSPS) is 12.7. The Morgan fingerprint density at radius 1 is 1.44 bits per heavy atom. The molecular formula is C11H13ClN4. The maximum Gasteiger partial charge on any atom is 0.131 e. The van der Waals surface area contributed by atoms with Gasteiger partial charge in [0, 0.05) is 25.1 Å². The Labute approximate surface area is 99.1 Å². The molecule has 4 nitrogen and oxygen atoms in total. The van der Waals surface area contributed by atoms with E-state index in [1.807, 2.05) is 17.7 Å². The van der Waals surface area contributed by atoms with Crippen molar-refractivity contribution in [3.63, 3.8) is 0 Å². The van der Waals surface area contributed by atoms with Crippen molar-refractivity contribution in [3.05, 3.63) is 47.3 Å². The molecule has 0 spiro atoms. The van der Waals surface area contributed by atoms with Gasteiger partial charge in [-0.05, 0) is 19.1 Å². The van der Waals surface area contributed by atoms with Gasteiger partial charge in [-0.25, -0.2) is 4.98 Å². The molecule has 0 radical (unpaired) electrons. The van der Waals surface area contributed by atoms with E-state index in [0.29, 0.717) is 10.7 Å². The lowest BCUT2D eigenvalue weighted by Crippen LogP contribution is -2.19. The Bertz CT molecular complexity index is 480. The van der Waals surface area contributed by atoms with E-state index in [4.69, 9.17) is 17.3 Å². The SMILES string of the molecule is CCn1ccnc1C(N)c1ncccc1Cl. The number of imidazole rings is 1. The number of nitrogens with two attached hydrogens (primary N) is 1. The average Bonchev–Trinajstić information content (AvgIpc) is 2.77. The van der Waals surface area contributed by atoms with Crippen molar-refractivity contribution in [1.29, 1.82) is 0 Å². The van der Waals surface area contributed by atoms with Crippen LogP contribution >= 0.6 is 11.6 Å². The third-order valence-corrected chi connectivity index (χ3v) is 2.77. The first-order valence-electron chi connectivity index (χ1n) is 5.11. The number of nitrogens with zero attached hydrogens (tertiary/aromatic N) is 3. The van der Waals surface area contributed by atoms with E-state index in [0.717, 1.165) is 12.4 Å². The molecule has 2 heterocycles. The van der Waals surface area contributed by atoms with Crippen LogP contribution in [0.3, 0.4) is 0 Å². The predicted molar refractivity (Wildman–Crippen MR) is 63.2 cm³/mol. The van der Waals surface area contributed by atoms with Crippen LogP contribution in [0.2, 0.25) is 5.02 Å². The topological polar surface area (TPSA) is 56.7 Å². The predicted octanol–water partition coefficient (Wildman–Crippen LogP) is 2.00. The molecule has 0 fully saturated rings. The van der Waals surface area contributed by atoms with Gasteiger partial charge in [-0.1, -0.05) is 11.6 Å². The Morgan fingerprint density at radius 2 is 2.25 bits per heavy atom. The van der Waals surface area contributed by atoms with Crippen molar-refractivity contribution in [3.8, 4) is 0 Å². The first-order chi connectivity index (χ1) is 7.74. The second-order valence-corrected chi connectivity index (χ2v) is 3.83. The number of pyridine rings is 1. The fraction of sp³-hybridized carbons (Fsp3) is 0.273. The molecule has 84 valence electrons. The maximum absolute atomic E-state index is 6.11. The zero-order chi connectivity index (χ0) is 11.5. The third-order valence-electron chi connectivity index (χ3n) is 2.45. The fourth-order valence-corrected chi connectivity index (χ4v) is 1.86. The standard InChI is InChI=1S/C11H13ClN4/c1-2-16-7-6-15-11(16)9(13)10-8(12)4-3-5-14-10/h3-7,9H,2,13H2,1H3. The minimum atomic E-state index is -0.386. The Hall–Kier alpha value is -1.39. The summed E-state index contributed by atoms with van der Waals surface area (Å²) in [5, 5.41) is 0.570. The van der Waals surface area contributed by atoms with Gasteiger partial charge in [0.1, 0.15) is 11.9 Å². The van der Waals surface area contributed by atoms with Crippen LogP contribution in [0.25, 0.3) is 0 Å². The molecule has 0 aliphatic rings. The van der Waals surface area contributed by atoms with Crippen LogP contribution in [-0.4, -0.2) is 14.5 Å². The summed E-state index contributed by atoms with van der Waals surface area (Å²) >= 11 is 6.05. The average molecular weight is 237 g/mol. The molecule has 0 aromatic carbocycles. The van der Waals surface area contributed by atoms with Gasteiger partial charge < -0.3 is 10.3 Å². The summed E-state index contributed by atoms with van der Waals surface area (Å²) in [6, 6.07) is 3.18. The monoisotopic (exact) mass is 236 g/mol. The summed E-state index contributed by atoms with van der Waals surface area (Å²) in [6.07, 6.45) is 5.31. The molecule has 0 bridgehead atoms. The molecule has 2 aromatic heterocycles. The zero-order valence-corrected chi connectivity index (χ0v) is 9.72. The zero-order valence-electron chi connectivity index (χ0n) is 8.97. The van der Waals surface area contributed by atoms with E-state index in [9.17, 15) is 0 Å². The molecule has 1 unspecified atom stereocenters. The highest BCUT2D eigenvalue weighted by molar-refractivity contribution is 6.31. The van der Waals surface area contributed by atoms with Gasteiger partial charge in [0.15, 0.2) is 0 Å². The summed E-state index contributed by atoms with van der Waals surface area (Å²) in [4.78, 5) is 8.44. The summed E-state index contributed by atoms with van der Waals surface area (Å²) < 4.78 is 1.98. The molecule has 0 saturated heterocycles. The van der Waals surface area contributed by atoms with Crippen LogP contribution in [0.15, 0.2) is 30.7 Å². The molecule has 2 aromatic rings. The van der Waals surface area contributed by atoms with E-state index in [1.54, 1.807) is 24.5 Å². The highest BCUT2D eigenvalue weighted by Gasteiger charge is 2.17. The molecule has 0 amide bonds. The molecule has 16 heavy (non-hydrogen) atoms. The van der Waals surface area contributed by atoms with Crippen molar-refractivity contribution in [2.45, 2.75) is 19.5 Å². The summed E-state index contributed by atoms with van der Waals surface area (Å²) in [7, 11) is 0. The van der Waals surface area contributed by atoms with E-state index < -0.39 is 0 Å². The summed E-state index contributed by atoms with van der Waals surface area (Å²) in [5.74, 6) is 0.781. The molecule has 2 N–H and O–H groups in total. The second kappa shape index (κ2) is 4.63. The summed E-state index contributed by atoms with van der Waals surface area (Å²) in [6.45, 7) is 2.87. The number of halogens is 1. The lowest BCUT2D eigenvalue weighted by atomic mass is 10.2. The highest BCUT2D eigenvalue weighted by atomic mass is 35.5. The van der Waals surface area contributed by atoms with Gasteiger partial charge in [0.05, 0.1) is 10.7 Å². The minimum Gasteiger partial charge on any atom is -0.334 e. The fourth-order valence-electron chi connectivity index (χ4n) is 1.62. The maximum atomic E-state index is 6.11. The van der Waals surface area contributed by atoms with Gasteiger partial charge >= 0.3 is 0 Å². The molecular weight excluding hydrogens is 224 g/mol. The number of rotatable bonds is 3. The van der Waals surface area contributed by atoms with Crippen LogP contribution < -0.4 is 5.73 Å². The van der Waals surface area contributed by atoms with Gasteiger partial charge in [0.2, 0.25) is 0 Å². The highest BCUT2D eigenvalue weighted by Crippen LogP contribution is 2.22. The van der Waals surface area contributed by atoms with Gasteiger partial charge in [0.25, 0.3) is 0 Å². The smallest absolute Gasteiger partial charge is 0.131 e. The van der Waals surface area contributed by atoms with Crippen molar-refractivity contribution in [2.24, 2.45) is 5.73 Å². The number of hydrogen-bond donors (Lipinski definition) is 1. The molecule has 0 aliphatic carbocycles.